The van der Waals surface area contributed by atoms with Crippen LogP contribution < -0.4 is 10.2 Å². The van der Waals surface area contributed by atoms with Crippen LogP contribution in [0.15, 0.2) is 30.6 Å². The van der Waals surface area contributed by atoms with Gasteiger partial charge < -0.3 is 10.2 Å². The number of piperidine rings is 1. The van der Waals surface area contributed by atoms with Gasteiger partial charge in [-0.3, -0.25) is 14.5 Å². The average molecular weight is 353 g/mol. The first-order valence-electron chi connectivity index (χ1n) is 9.55. The van der Waals surface area contributed by atoms with Crippen molar-refractivity contribution in [3.8, 4) is 0 Å². The molecule has 2 aromatic rings. The van der Waals surface area contributed by atoms with Crippen LogP contribution in [0, 0.1) is 5.92 Å². The van der Waals surface area contributed by atoms with Crippen LogP contribution in [0.1, 0.15) is 48.8 Å². The molecule has 1 unspecified atom stereocenters. The van der Waals surface area contributed by atoms with Gasteiger partial charge in [-0.25, -0.2) is 0 Å². The minimum atomic E-state index is -0.150. The number of anilines is 1. The van der Waals surface area contributed by atoms with E-state index >= 15 is 0 Å². The molecule has 2 aliphatic rings. The number of aromatic nitrogens is 3. The zero-order valence-corrected chi connectivity index (χ0v) is 15.6. The summed E-state index contributed by atoms with van der Waals surface area (Å²) in [6, 6.07) is 5.96. The van der Waals surface area contributed by atoms with Crippen molar-refractivity contribution in [2.45, 2.75) is 44.6 Å². The molecule has 1 N–H and O–H groups in total. The van der Waals surface area contributed by atoms with Gasteiger partial charge in [-0.2, -0.15) is 5.10 Å². The van der Waals surface area contributed by atoms with E-state index in [1.807, 2.05) is 31.4 Å². The maximum Gasteiger partial charge on any atom is 0.270 e. The number of amides is 1. The molecule has 0 aromatic carbocycles. The number of carbonyl (C=O) groups is 1. The molecule has 0 radical (unpaired) electrons. The van der Waals surface area contributed by atoms with Crippen LogP contribution in [0.2, 0.25) is 0 Å². The first kappa shape index (κ1) is 17.1. The highest BCUT2D eigenvalue weighted by Gasteiger charge is 2.44. The second-order valence-electron chi connectivity index (χ2n) is 7.98. The van der Waals surface area contributed by atoms with Crippen LogP contribution >= 0.6 is 0 Å². The van der Waals surface area contributed by atoms with Gasteiger partial charge in [0.2, 0.25) is 0 Å². The molecule has 138 valence electrons. The number of rotatable bonds is 5. The Kier molecular flexibility index (Phi) is 4.42. The highest BCUT2D eigenvalue weighted by atomic mass is 16.2. The van der Waals surface area contributed by atoms with Crippen molar-refractivity contribution in [2.24, 2.45) is 13.0 Å². The van der Waals surface area contributed by atoms with Crippen molar-refractivity contribution in [2.75, 3.05) is 18.0 Å². The molecule has 0 bridgehead atoms. The molecule has 3 heterocycles. The lowest BCUT2D eigenvalue weighted by molar-refractivity contribution is 0.0926. The maximum atomic E-state index is 12.8. The lowest BCUT2D eigenvalue weighted by Gasteiger charge is -2.32. The van der Waals surface area contributed by atoms with Crippen molar-refractivity contribution in [3.63, 3.8) is 0 Å². The molecular formula is C20H27N5O. The van der Waals surface area contributed by atoms with Gasteiger partial charge in [0.05, 0.1) is 5.69 Å². The average Bonchev–Trinajstić information content (AvgIpc) is 3.26. The molecule has 1 aliphatic carbocycles. The van der Waals surface area contributed by atoms with Gasteiger partial charge in [0, 0.05) is 50.2 Å². The van der Waals surface area contributed by atoms with Gasteiger partial charge in [-0.05, 0) is 49.8 Å². The molecular weight excluding hydrogens is 326 g/mol. The van der Waals surface area contributed by atoms with Crippen LogP contribution in [0.25, 0.3) is 0 Å². The molecule has 0 spiro atoms. The number of nitrogens with one attached hydrogen (secondary N) is 1. The van der Waals surface area contributed by atoms with Gasteiger partial charge in [0.15, 0.2) is 0 Å². The quantitative estimate of drug-likeness (QED) is 0.897. The first-order valence-corrected chi connectivity index (χ1v) is 9.55. The lowest BCUT2D eigenvalue weighted by atomic mass is 10.00. The molecule has 1 aliphatic heterocycles. The van der Waals surface area contributed by atoms with Gasteiger partial charge in [-0.1, -0.05) is 6.92 Å². The summed E-state index contributed by atoms with van der Waals surface area (Å²) in [4.78, 5) is 19.5. The molecule has 2 fully saturated rings. The monoisotopic (exact) mass is 353 g/mol. The van der Waals surface area contributed by atoms with Crippen molar-refractivity contribution < 1.29 is 4.79 Å². The predicted octanol–water partition coefficient (Wildman–Crippen LogP) is 2.56. The minimum absolute atomic E-state index is 0.0784. The number of aryl methyl sites for hydroxylation is 1. The van der Waals surface area contributed by atoms with E-state index in [1.54, 1.807) is 10.9 Å². The molecule has 1 saturated heterocycles. The van der Waals surface area contributed by atoms with Gasteiger partial charge >= 0.3 is 0 Å². The summed E-state index contributed by atoms with van der Waals surface area (Å²) in [6.45, 7) is 4.39. The topological polar surface area (TPSA) is 63.1 Å². The van der Waals surface area contributed by atoms with Crippen LogP contribution in [0.3, 0.4) is 0 Å². The Bertz CT molecular complexity index is 795. The van der Waals surface area contributed by atoms with Crippen LogP contribution in [0.4, 0.5) is 5.69 Å². The highest BCUT2D eigenvalue weighted by molar-refractivity contribution is 5.94. The van der Waals surface area contributed by atoms with Crippen LogP contribution in [-0.2, 0) is 13.5 Å². The van der Waals surface area contributed by atoms with E-state index in [-0.39, 0.29) is 11.4 Å². The van der Waals surface area contributed by atoms with E-state index in [2.05, 4.69) is 27.2 Å². The summed E-state index contributed by atoms with van der Waals surface area (Å²) in [5.41, 5.74) is 2.48. The molecule has 6 nitrogen and oxygen atoms in total. The number of nitrogens with zero attached hydrogens (tertiary/aromatic N) is 4. The Balaban J connectivity index is 1.44. The molecule has 1 saturated carbocycles. The lowest BCUT2D eigenvalue weighted by Crippen LogP contribution is -2.39. The summed E-state index contributed by atoms with van der Waals surface area (Å²) in [5, 5.41) is 7.65. The normalized spacial score (nSPS) is 21.5. The summed E-state index contributed by atoms with van der Waals surface area (Å²) < 4.78 is 1.80. The fourth-order valence-electron chi connectivity index (χ4n) is 3.87. The largest absolute Gasteiger partial charge is 0.371 e. The van der Waals surface area contributed by atoms with Crippen LogP contribution in [-0.4, -0.2) is 39.3 Å². The fraction of sp³-hybridized carbons (Fsp3) is 0.550. The third-order valence-electron chi connectivity index (χ3n) is 5.52. The van der Waals surface area contributed by atoms with E-state index in [0.717, 1.165) is 43.7 Å². The summed E-state index contributed by atoms with van der Waals surface area (Å²) in [6.07, 6.45) is 8.96. The second kappa shape index (κ2) is 6.74. The molecule has 1 amide bonds. The van der Waals surface area contributed by atoms with Gasteiger partial charge in [-0.15, -0.1) is 0 Å². The second-order valence-corrected chi connectivity index (χ2v) is 7.98. The number of pyridine rings is 1. The Morgan fingerprint density at radius 3 is 2.92 bits per heavy atom. The minimum Gasteiger partial charge on any atom is -0.371 e. The van der Waals surface area contributed by atoms with Crippen molar-refractivity contribution >= 4 is 11.6 Å². The Morgan fingerprint density at radius 1 is 1.38 bits per heavy atom. The summed E-state index contributed by atoms with van der Waals surface area (Å²) >= 11 is 0. The Morgan fingerprint density at radius 2 is 2.23 bits per heavy atom. The molecule has 2 aromatic heterocycles. The van der Waals surface area contributed by atoms with E-state index in [0.29, 0.717) is 11.6 Å². The van der Waals surface area contributed by atoms with E-state index in [1.165, 1.54) is 12.8 Å². The van der Waals surface area contributed by atoms with E-state index in [4.69, 9.17) is 0 Å². The van der Waals surface area contributed by atoms with Crippen LogP contribution in [0.5, 0.6) is 0 Å². The Hall–Kier alpha value is -2.37. The van der Waals surface area contributed by atoms with Crippen molar-refractivity contribution in [1.29, 1.82) is 0 Å². The third kappa shape index (κ3) is 3.74. The van der Waals surface area contributed by atoms with Crippen molar-refractivity contribution in [1.82, 2.24) is 20.1 Å². The molecule has 1 atom stereocenters. The number of hydrogen-bond acceptors (Lipinski definition) is 4. The predicted molar refractivity (Wildman–Crippen MR) is 101 cm³/mol. The van der Waals surface area contributed by atoms with E-state index in [9.17, 15) is 4.79 Å². The SMILES string of the molecule is CC1CCCN(c2ccnc(C(=O)NC3(Cc4ccn(C)n4)CC3)c2)C1. The molecule has 4 rings (SSSR count). The fourth-order valence-corrected chi connectivity index (χ4v) is 3.87. The van der Waals surface area contributed by atoms with Gasteiger partial charge in [0.25, 0.3) is 5.91 Å². The van der Waals surface area contributed by atoms with Gasteiger partial charge in [0.1, 0.15) is 5.69 Å². The zero-order chi connectivity index (χ0) is 18.1. The molecule has 6 heteroatoms. The maximum absolute atomic E-state index is 12.8. The number of carbonyl (C=O) groups excluding carboxylic acids is 1. The van der Waals surface area contributed by atoms with E-state index < -0.39 is 0 Å². The summed E-state index contributed by atoms with van der Waals surface area (Å²) in [5.74, 6) is 0.618. The van der Waals surface area contributed by atoms with Crippen molar-refractivity contribution in [3.05, 3.63) is 42.0 Å². The smallest absolute Gasteiger partial charge is 0.270 e. The Labute approximate surface area is 154 Å². The highest BCUT2D eigenvalue weighted by Crippen LogP contribution is 2.38. The third-order valence-corrected chi connectivity index (χ3v) is 5.52. The molecule has 26 heavy (non-hydrogen) atoms. The standard InChI is InChI=1S/C20H27N5O/c1-15-4-3-10-25(14-15)17-5-9-21-18(12-17)19(26)22-20(7-8-20)13-16-6-11-24(2)23-16/h5-6,9,11-12,15H,3-4,7-8,10,13-14H2,1-2H3,(H,22,26). The summed E-state index contributed by atoms with van der Waals surface area (Å²) in [7, 11) is 1.92. The zero-order valence-electron chi connectivity index (χ0n) is 15.6. The first-order chi connectivity index (χ1) is 12.5. The number of hydrogen-bond donors (Lipinski definition) is 1.